The second-order valence-electron chi connectivity index (χ2n) is 8.12. The molecule has 0 aliphatic heterocycles. The summed E-state index contributed by atoms with van der Waals surface area (Å²) in [6.45, 7) is 0.0923. The maximum absolute atomic E-state index is 9.63. The number of allylic oxidation sites excluding steroid dienone is 5. The summed E-state index contributed by atoms with van der Waals surface area (Å²) in [6.07, 6.45) is 15.9. The fraction of sp³-hybridized carbons (Fsp3) is 0.308. The molecule has 1 nitrogen and oxygen atoms in total. The highest BCUT2D eigenvalue weighted by atomic mass is 16.3. The Labute approximate surface area is 161 Å². The van der Waals surface area contributed by atoms with E-state index in [1.165, 1.54) is 59.1 Å². The highest BCUT2D eigenvalue weighted by Crippen LogP contribution is 2.44. The van der Waals surface area contributed by atoms with Crippen molar-refractivity contribution in [3.63, 3.8) is 0 Å². The van der Waals surface area contributed by atoms with E-state index >= 15 is 0 Å². The number of hydrogen-bond donors (Lipinski definition) is 1. The smallest absolute Gasteiger partial charge is 0.0687 e. The SMILES string of the molecule is OCc1ccccc1C1=CC(c2ccc3c(c2)C=CC3C2CCCC2)=CC1. The lowest BCUT2D eigenvalue weighted by Gasteiger charge is -2.18. The topological polar surface area (TPSA) is 20.2 Å². The van der Waals surface area contributed by atoms with Gasteiger partial charge in [-0.2, -0.15) is 0 Å². The van der Waals surface area contributed by atoms with Crippen LogP contribution in [0.5, 0.6) is 0 Å². The molecular formula is C26H26O. The molecule has 27 heavy (non-hydrogen) atoms. The normalized spacial score (nSPS) is 21.4. The molecule has 1 N–H and O–H groups in total. The van der Waals surface area contributed by atoms with Gasteiger partial charge in [0.2, 0.25) is 0 Å². The van der Waals surface area contributed by atoms with Crippen LogP contribution in [0, 0.1) is 5.92 Å². The molecule has 0 spiro atoms. The summed E-state index contributed by atoms with van der Waals surface area (Å²) in [6, 6.07) is 15.2. The Kier molecular flexibility index (Phi) is 4.33. The van der Waals surface area contributed by atoms with Gasteiger partial charge in [-0.05, 0) is 70.2 Å². The lowest BCUT2D eigenvalue weighted by molar-refractivity contribution is 0.281. The fourth-order valence-corrected chi connectivity index (χ4v) is 5.13. The first-order valence-electron chi connectivity index (χ1n) is 10.3. The summed E-state index contributed by atoms with van der Waals surface area (Å²) in [5.41, 5.74) is 9.03. The molecule has 136 valence electrons. The van der Waals surface area contributed by atoms with E-state index in [2.05, 4.69) is 54.6 Å². The number of hydrogen-bond acceptors (Lipinski definition) is 1. The summed E-state index contributed by atoms with van der Waals surface area (Å²) >= 11 is 0. The summed E-state index contributed by atoms with van der Waals surface area (Å²) in [5, 5.41) is 9.63. The zero-order chi connectivity index (χ0) is 18.2. The van der Waals surface area contributed by atoms with Gasteiger partial charge in [-0.1, -0.05) is 73.5 Å². The van der Waals surface area contributed by atoms with Crippen LogP contribution in [-0.4, -0.2) is 5.11 Å². The van der Waals surface area contributed by atoms with Gasteiger partial charge >= 0.3 is 0 Å². The van der Waals surface area contributed by atoms with Gasteiger partial charge in [-0.3, -0.25) is 0 Å². The van der Waals surface area contributed by atoms with Gasteiger partial charge in [0.15, 0.2) is 0 Å². The van der Waals surface area contributed by atoms with Crippen LogP contribution >= 0.6 is 0 Å². The second kappa shape index (κ2) is 6.98. The molecule has 5 rings (SSSR count). The average Bonchev–Trinajstić information content (AvgIpc) is 3.47. The van der Waals surface area contributed by atoms with Crippen LogP contribution in [0.15, 0.2) is 60.7 Å². The molecule has 0 heterocycles. The van der Waals surface area contributed by atoms with Gasteiger partial charge < -0.3 is 5.11 Å². The minimum Gasteiger partial charge on any atom is -0.392 e. The van der Waals surface area contributed by atoms with Crippen molar-refractivity contribution in [1.82, 2.24) is 0 Å². The van der Waals surface area contributed by atoms with E-state index in [1.54, 1.807) is 0 Å². The van der Waals surface area contributed by atoms with E-state index in [1.807, 2.05) is 12.1 Å². The van der Waals surface area contributed by atoms with Crippen LogP contribution in [0.4, 0.5) is 0 Å². The third-order valence-corrected chi connectivity index (χ3v) is 6.58. The number of fused-ring (bicyclic) bond motifs is 1. The van der Waals surface area contributed by atoms with Crippen molar-refractivity contribution in [3.05, 3.63) is 88.5 Å². The Morgan fingerprint density at radius 2 is 1.85 bits per heavy atom. The monoisotopic (exact) mass is 354 g/mol. The van der Waals surface area contributed by atoms with E-state index in [-0.39, 0.29) is 6.61 Å². The number of aliphatic hydroxyl groups excluding tert-OH is 1. The second-order valence-corrected chi connectivity index (χ2v) is 8.12. The van der Waals surface area contributed by atoms with Gasteiger partial charge in [0, 0.05) is 5.92 Å². The first-order chi connectivity index (χ1) is 13.3. The third-order valence-electron chi connectivity index (χ3n) is 6.58. The molecule has 2 aromatic carbocycles. The van der Waals surface area contributed by atoms with Crippen LogP contribution in [0.3, 0.4) is 0 Å². The average molecular weight is 354 g/mol. The molecule has 0 aromatic heterocycles. The largest absolute Gasteiger partial charge is 0.392 e. The molecule has 0 bridgehead atoms. The highest BCUT2D eigenvalue weighted by molar-refractivity contribution is 5.90. The van der Waals surface area contributed by atoms with Gasteiger partial charge in [-0.15, -0.1) is 0 Å². The Hall–Kier alpha value is -2.38. The van der Waals surface area contributed by atoms with Gasteiger partial charge in [-0.25, -0.2) is 0 Å². The quantitative estimate of drug-likeness (QED) is 0.678. The number of aliphatic hydroxyl groups is 1. The van der Waals surface area contributed by atoms with Crippen molar-refractivity contribution in [2.45, 2.75) is 44.6 Å². The van der Waals surface area contributed by atoms with Crippen molar-refractivity contribution in [2.24, 2.45) is 5.92 Å². The van der Waals surface area contributed by atoms with E-state index in [9.17, 15) is 5.11 Å². The van der Waals surface area contributed by atoms with E-state index < -0.39 is 0 Å². The first-order valence-corrected chi connectivity index (χ1v) is 10.3. The summed E-state index contributed by atoms with van der Waals surface area (Å²) in [7, 11) is 0. The summed E-state index contributed by atoms with van der Waals surface area (Å²) in [5.74, 6) is 1.48. The first kappa shape index (κ1) is 16.8. The zero-order valence-corrected chi connectivity index (χ0v) is 15.7. The van der Waals surface area contributed by atoms with Gasteiger partial charge in [0.05, 0.1) is 6.61 Å². The van der Waals surface area contributed by atoms with E-state index in [0.29, 0.717) is 5.92 Å². The Morgan fingerprint density at radius 3 is 2.70 bits per heavy atom. The van der Waals surface area contributed by atoms with Gasteiger partial charge in [0.25, 0.3) is 0 Å². The van der Waals surface area contributed by atoms with Crippen molar-refractivity contribution in [1.29, 1.82) is 0 Å². The van der Waals surface area contributed by atoms with Crippen molar-refractivity contribution < 1.29 is 5.11 Å². The Morgan fingerprint density at radius 1 is 1.00 bits per heavy atom. The molecule has 3 aliphatic rings. The molecule has 1 fully saturated rings. The third kappa shape index (κ3) is 3.00. The number of benzene rings is 2. The van der Waals surface area contributed by atoms with Gasteiger partial charge in [0.1, 0.15) is 0 Å². The van der Waals surface area contributed by atoms with E-state index in [4.69, 9.17) is 0 Å². The van der Waals surface area contributed by atoms with Crippen molar-refractivity contribution in [3.8, 4) is 0 Å². The molecule has 2 aromatic rings. The summed E-state index contributed by atoms with van der Waals surface area (Å²) in [4.78, 5) is 0. The molecule has 0 amide bonds. The predicted octanol–water partition coefficient (Wildman–Crippen LogP) is 6.35. The van der Waals surface area contributed by atoms with E-state index in [0.717, 1.165) is 17.9 Å². The molecule has 3 aliphatic carbocycles. The Balaban J connectivity index is 1.42. The van der Waals surface area contributed by atoms with Crippen molar-refractivity contribution in [2.75, 3.05) is 0 Å². The van der Waals surface area contributed by atoms with Crippen molar-refractivity contribution >= 4 is 17.2 Å². The van der Waals surface area contributed by atoms with Crippen LogP contribution in [0.2, 0.25) is 0 Å². The van der Waals surface area contributed by atoms with Crippen LogP contribution < -0.4 is 0 Å². The molecule has 1 atom stereocenters. The highest BCUT2D eigenvalue weighted by Gasteiger charge is 2.28. The van der Waals surface area contributed by atoms with Crippen LogP contribution in [-0.2, 0) is 6.61 Å². The maximum Gasteiger partial charge on any atom is 0.0687 e. The fourth-order valence-electron chi connectivity index (χ4n) is 5.13. The zero-order valence-electron chi connectivity index (χ0n) is 15.7. The molecule has 0 saturated heterocycles. The Bertz CT molecular complexity index is 954. The number of rotatable bonds is 4. The summed E-state index contributed by atoms with van der Waals surface area (Å²) < 4.78 is 0. The van der Waals surface area contributed by atoms with Crippen LogP contribution in [0.25, 0.3) is 17.2 Å². The maximum atomic E-state index is 9.63. The molecule has 1 heteroatoms. The molecule has 1 saturated carbocycles. The predicted molar refractivity (Wildman–Crippen MR) is 113 cm³/mol. The lowest BCUT2D eigenvalue weighted by Crippen LogP contribution is -2.05. The molecule has 1 unspecified atom stereocenters. The molecule has 0 radical (unpaired) electrons. The minimum atomic E-state index is 0.0923. The minimum absolute atomic E-state index is 0.0923. The standard InChI is InChI=1S/C26H26O/c27-17-23-7-3-4-8-24(23)21-10-9-19(15-21)20-11-13-26-22(16-20)12-14-25(26)18-5-1-2-6-18/h3-4,7-9,11-16,18,25,27H,1-2,5-6,10,17H2. The van der Waals surface area contributed by atoms with Crippen LogP contribution in [0.1, 0.15) is 65.8 Å². The molecular weight excluding hydrogens is 328 g/mol. The lowest BCUT2D eigenvalue weighted by atomic mass is 9.86.